The Bertz CT molecular complexity index is 1120. The third kappa shape index (κ3) is 6.68. The Kier molecular flexibility index (Phi) is 8.03. The van der Waals surface area contributed by atoms with Crippen LogP contribution in [0.15, 0.2) is 78.9 Å². The lowest BCUT2D eigenvalue weighted by Crippen LogP contribution is -2.43. The molecule has 0 unspecified atom stereocenters. The zero-order valence-electron chi connectivity index (χ0n) is 19.6. The first-order valence-electron chi connectivity index (χ1n) is 11.1. The van der Waals surface area contributed by atoms with Crippen LogP contribution in [-0.2, 0) is 10.2 Å². The van der Waals surface area contributed by atoms with Crippen molar-refractivity contribution in [2.24, 2.45) is 0 Å². The van der Waals surface area contributed by atoms with Gasteiger partial charge >= 0.3 is 0 Å². The van der Waals surface area contributed by atoms with Gasteiger partial charge in [-0.15, -0.1) is 0 Å². The van der Waals surface area contributed by atoms with Crippen LogP contribution in [0.5, 0.6) is 5.75 Å². The van der Waals surface area contributed by atoms with Crippen molar-refractivity contribution in [3.63, 3.8) is 0 Å². The highest BCUT2D eigenvalue weighted by Crippen LogP contribution is 2.28. The summed E-state index contributed by atoms with van der Waals surface area (Å²) in [6.45, 7) is 6.25. The number of hydrazine groups is 1. The lowest BCUT2D eigenvalue weighted by atomic mass is 9.82. The third-order valence-electron chi connectivity index (χ3n) is 5.65. The Balaban J connectivity index is 1.44. The van der Waals surface area contributed by atoms with Crippen LogP contribution in [0.3, 0.4) is 0 Å². The van der Waals surface area contributed by atoms with Gasteiger partial charge in [-0.1, -0.05) is 51.1 Å². The fourth-order valence-corrected chi connectivity index (χ4v) is 3.09. The van der Waals surface area contributed by atoms with Crippen LogP contribution < -0.4 is 20.9 Å². The van der Waals surface area contributed by atoms with Gasteiger partial charge in [0, 0.05) is 16.8 Å². The van der Waals surface area contributed by atoms with Crippen LogP contribution in [-0.4, -0.2) is 24.3 Å². The number of nitrogens with one attached hydrogen (secondary N) is 3. The Morgan fingerprint density at radius 3 is 2.00 bits per heavy atom. The normalized spacial score (nSPS) is 10.8. The minimum absolute atomic E-state index is 0.0753. The Morgan fingerprint density at radius 2 is 1.38 bits per heavy atom. The van der Waals surface area contributed by atoms with E-state index in [2.05, 4.69) is 36.9 Å². The highest BCUT2D eigenvalue weighted by Gasteiger charge is 2.17. The molecule has 7 heteroatoms. The molecule has 0 saturated carbocycles. The van der Waals surface area contributed by atoms with Crippen molar-refractivity contribution in [1.29, 1.82) is 0 Å². The average molecular weight is 460 g/mol. The zero-order valence-corrected chi connectivity index (χ0v) is 19.6. The van der Waals surface area contributed by atoms with Gasteiger partial charge in [0.1, 0.15) is 5.75 Å². The maximum Gasteiger partial charge on any atom is 0.276 e. The molecule has 0 bridgehead atoms. The molecule has 3 amide bonds. The third-order valence-corrected chi connectivity index (χ3v) is 5.65. The molecule has 0 saturated heterocycles. The number of anilines is 1. The molecule has 0 aliphatic heterocycles. The predicted molar refractivity (Wildman–Crippen MR) is 132 cm³/mol. The maximum absolute atomic E-state index is 12.3. The number of ether oxygens (including phenoxy) is 1. The first-order chi connectivity index (χ1) is 16.3. The zero-order chi connectivity index (χ0) is 24.6. The Hall–Kier alpha value is -4.13. The van der Waals surface area contributed by atoms with Gasteiger partial charge in [-0.25, -0.2) is 0 Å². The molecule has 0 aromatic heterocycles. The monoisotopic (exact) mass is 459 g/mol. The number of hydrogen-bond acceptors (Lipinski definition) is 4. The fraction of sp³-hybridized carbons (Fsp3) is 0.222. The molecule has 0 atom stereocenters. The van der Waals surface area contributed by atoms with Crippen molar-refractivity contribution >= 4 is 23.4 Å². The number of carbonyl (C=O) groups is 3. The van der Waals surface area contributed by atoms with E-state index >= 15 is 0 Å². The van der Waals surface area contributed by atoms with Gasteiger partial charge in [0.05, 0.1) is 0 Å². The minimum atomic E-state index is -0.488. The highest BCUT2D eigenvalue weighted by atomic mass is 16.5. The quantitative estimate of drug-likeness (QED) is 0.433. The molecule has 0 spiro atoms. The molecule has 0 aliphatic carbocycles. The van der Waals surface area contributed by atoms with Crippen LogP contribution in [0.25, 0.3) is 0 Å². The summed E-state index contributed by atoms with van der Waals surface area (Å²) in [5.74, 6) is -0.641. The molecule has 34 heavy (non-hydrogen) atoms. The molecular formula is C27H29N3O4. The lowest BCUT2D eigenvalue weighted by Gasteiger charge is -2.23. The molecule has 176 valence electrons. The second-order valence-electron chi connectivity index (χ2n) is 8.45. The summed E-state index contributed by atoms with van der Waals surface area (Å²) in [5.41, 5.74) is 7.37. The van der Waals surface area contributed by atoms with Crippen LogP contribution in [0, 0.1) is 0 Å². The topological polar surface area (TPSA) is 96.5 Å². The largest absolute Gasteiger partial charge is 0.484 e. The van der Waals surface area contributed by atoms with Crippen molar-refractivity contribution in [3.8, 4) is 5.75 Å². The summed E-state index contributed by atoms with van der Waals surface area (Å²) in [4.78, 5) is 36.5. The standard InChI is InChI=1S/C27H29N3O4/c1-4-27(2,3)21-12-16-23(17-13-21)34-18-24(31)29-30-26(33)20-10-14-22(15-11-20)28-25(32)19-8-6-5-7-9-19/h5-17H,4,18H2,1-3H3,(H,28,32)(H,29,31)(H,30,33). The fourth-order valence-electron chi connectivity index (χ4n) is 3.09. The minimum Gasteiger partial charge on any atom is -0.484 e. The molecule has 3 rings (SSSR count). The molecule has 3 N–H and O–H groups in total. The summed E-state index contributed by atoms with van der Waals surface area (Å²) < 4.78 is 5.49. The first-order valence-corrected chi connectivity index (χ1v) is 11.1. The maximum atomic E-state index is 12.3. The lowest BCUT2D eigenvalue weighted by molar-refractivity contribution is -0.123. The van der Waals surface area contributed by atoms with Gasteiger partial charge in [-0.05, 0) is 65.9 Å². The number of carbonyl (C=O) groups excluding carboxylic acids is 3. The second-order valence-corrected chi connectivity index (χ2v) is 8.45. The SMILES string of the molecule is CCC(C)(C)c1ccc(OCC(=O)NNC(=O)c2ccc(NC(=O)c3ccccc3)cc2)cc1. The number of benzene rings is 3. The van der Waals surface area contributed by atoms with E-state index in [9.17, 15) is 14.4 Å². The van der Waals surface area contributed by atoms with E-state index in [1.807, 2.05) is 30.3 Å². The molecule has 0 radical (unpaired) electrons. The smallest absolute Gasteiger partial charge is 0.276 e. The molecule has 3 aromatic carbocycles. The van der Waals surface area contributed by atoms with Crippen molar-refractivity contribution in [2.75, 3.05) is 11.9 Å². The highest BCUT2D eigenvalue weighted by molar-refractivity contribution is 6.04. The van der Waals surface area contributed by atoms with Gasteiger partial charge in [-0.2, -0.15) is 0 Å². The Labute approximate surface area is 199 Å². The van der Waals surface area contributed by atoms with Crippen LogP contribution in [0.4, 0.5) is 5.69 Å². The van der Waals surface area contributed by atoms with Crippen molar-refractivity contribution in [2.45, 2.75) is 32.6 Å². The number of rotatable bonds is 8. The van der Waals surface area contributed by atoms with Crippen LogP contribution in [0.2, 0.25) is 0 Å². The molecular weight excluding hydrogens is 430 g/mol. The van der Waals surface area contributed by atoms with Crippen molar-refractivity contribution in [3.05, 3.63) is 95.6 Å². The summed E-state index contributed by atoms with van der Waals surface area (Å²) in [6.07, 6.45) is 1.01. The van der Waals surface area contributed by atoms with Gasteiger partial charge < -0.3 is 10.1 Å². The van der Waals surface area contributed by atoms with Crippen LogP contribution >= 0.6 is 0 Å². The molecule has 7 nitrogen and oxygen atoms in total. The van der Waals surface area contributed by atoms with Crippen molar-refractivity contribution in [1.82, 2.24) is 10.9 Å². The van der Waals surface area contributed by atoms with E-state index in [1.54, 1.807) is 48.5 Å². The van der Waals surface area contributed by atoms with Gasteiger partial charge in [0.25, 0.3) is 17.7 Å². The summed E-state index contributed by atoms with van der Waals surface area (Å²) in [6, 6.07) is 22.8. The number of amides is 3. The van der Waals surface area contributed by atoms with Gasteiger partial charge in [0.2, 0.25) is 0 Å². The molecule has 0 heterocycles. The van der Waals surface area contributed by atoms with Crippen LogP contribution in [0.1, 0.15) is 53.5 Å². The van der Waals surface area contributed by atoms with Gasteiger partial charge in [0.15, 0.2) is 6.61 Å². The summed E-state index contributed by atoms with van der Waals surface area (Å²) in [5, 5.41) is 2.76. The summed E-state index contributed by atoms with van der Waals surface area (Å²) >= 11 is 0. The summed E-state index contributed by atoms with van der Waals surface area (Å²) in [7, 11) is 0. The van der Waals surface area contributed by atoms with E-state index in [1.165, 1.54) is 5.56 Å². The first kappa shape index (κ1) is 24.5. The van der Waals surface area contributed by atoms with E-state index in [4.69, 9.17) is 4.74 Å². The number of hydrogen-bond donors (Lipinski definition) is 3. The van der Waals surface area contributed by atoms with Gasteiger partial charge in [-0.3, -0.25) is 25.2 Å². The van der Waals surface area contributed by atoms with Crippen molar-refractivity contribution < 1.29 is 19.1 Å². The molecule has 0 aliphatic rings. The molecule has 3 aromatic rings. The second kappa shape index (κ2) is 11.1. The van der Waals surface area contributed by atoms with E-state index in [0.717, 1.165) is 6.42 Å². The Morgan fingerprint density at radius 1 is 0.765 bits per heavy atom. The average Bonchev–Trinajstić information content (AvgIpc) is 2.87. The predicted octanol–water partition coefficient (Wildman–Crippen LogP) is 4.47. The van der Waals surface area contributed by atoms with E-state index < -0.39 is 11.8 Å². The molecule has 0 fully saturated rings. The van der Waals surface area contributed by atoms with E-state index in [0.29, 0.717) is 22.6 Å². The van der Waals surface area contributed by atoms with E-state index in [-0.39, 0.29) is 17.9 Å².